The third kappa shape index (κ3) is 8.34. The van der Waals surface area contributed by atoms with Gasteiger partial charge in [0.2, 0.25) is 5.91 Å². The Balaban J connectivity index is 1.23. The third-order valence-electron chi connectivity index (χ3n) is 9.23. The lowest BCUT2D eigenvalue weighted by atomic mass is 9.91. The summed E-state index contributed by atoms with van der Waals surface area (Å²) in [5, 5.41) is 4.08. The maximum atomic E-state index is 13.9. The molecule has 0 bridgehead atoms. The number of carbonyl (C=O) groups is 2. The molecule has 0 saturated carbocycles. The topological polar surface area (TPSA) is 78.0 Å². The molecule has 1 aromatic carbocycles. The number of nitrogens with one attached hydrogen (secondary N) is 1. The van der Waals surface area contributed by atoms with Crippen LogP contribution in [-0.2, 0) is 11.2 Å². The van der Waals surface area contributed by atoms with Crippen LogP contribution in [0.25, 0.3) is 0 Å². The molecule has 0 spiro atoms. The van der Waals surface area contributed by atoms with Crippen LogP contribution in [-0.4, -0.2) is 89.6 Å². The molecular formula is C33H45Cl2N5O3. The highest BCUT2D eigenvalue weighted by Crippen LogP contribution is 2.33. The molecule has 0 radical (unpaired) electrons. The molecule has 2 aromatic rings. The number of hydrogen-bond donors (Lipinski definition) is 1. The van der Waals surface area contributed by atoms with E-state index in [9.17, 15) is 9.59 Å². The van der Waals surface area contributed by atoms with Gasteiger partial charge in [-0.15, -0.1) is 0 Å². The molecule has 0 aliphatic carbocycles. The highest BCUT2D eigenvalue weighted by molar-refractivity contribution is 6.35. The van der Waals surface area contributed by atoms with Crippen LogP contribution in [0.2, 0.25) is 10.0 Å². The van der Waals surface area contributed by atoms with E-state index in [1.165, 1.54) is 12.8 Å². The van der Waals surface area contributed by atoms with Gasteiger partial charge in [-0.3, -0.25) is 14.7 Å². The maximum Gasteiger partial charge on any atom is 0.318 e. The van der Waals surface area contributed by atoms with Gasteiger partial charge in [-0.2, -0.15) is 0 Å². The molecule has 4 heterocycles. The number of rotatable bonds is 10. The van der Waals surface area contributed by atoms with E-state index in [4.69, 9.17) is 32.9 Å². The Morgan fingerprint density at radius 3 is 2.40 bits per heavy atom. The fourth-order valence-electron chi connectivity index (χ4n) is 6.64. The van der Waals surface area contributed by atoms with E-state index in [-0.39, 0.29) is 17.9 Å². The lowest BCUT2D eigenvalue weighted by Gasteiger charge is -2.36. The zero-order valence-corrected chi connectivity index (χ0v) is 26.8. The predicted octanol–water partition coefficient (Wildman–Crippen LogP) is 6.15. The van der Waals surface area contributed by atoms with E-state index in [0.717, 1.165) is 68.6 Å². The Morgan fingerprint density at radius 2 is 1.70 bits per heavy atom. The van der Waals surface area contributed by atoms with Crippen LogP contribution in [0, 0.1) is 0 Å². The van der Waals surface area contributed by atoms with Crippen molar-refractivity contribution in [2.24, 2.45) is 0 Å². The number of ether oxygens (including phenoxy) is 1. The zero-order valence-electron chi connectivity index (χ0n) is 25.3. The number of amides is 3. The number of likely N-dealkylation sites (tertiary alicyclic amines) is 3. The van der Waals surface area contributed by atoms with Crippen LogP contribution >= 0.6 is 23.2 Å². The number of carbonyl (C=O) groups excluding carboxylic acids is 2. The van der Waals surface area contributed by atoms with Gasteiger partial charge >= 0.3 is 6.03 Å². The molecule has 3 saturated heterocycles. The maximum absolute atomic E-state index is 13.9. The van der Waals surface area contributed by atoms with Crippen molar-refractivity contribution in [2.75, 3.05) is 45.9 Å². The minimum atomic E-state index is -0.713. The molecule has 3 aliphatic rings. The molecule has 10 heteroatoms. The van der Waals surface area contributed by atoms with Crippen molar-refractivity contribution >= 4 is 35.1 Å². The van der Waals surface area contributed by atoms with Gasteiger partial charge in [0, 0.05) is 60.8 Å². The summed E-state index contributed by atoms with van der Waals surface area (Å²) in [7, 11) is 0. The molecule has 43 heavy (non-hydrogen) atoms. The summed E-state index contributed by atoms with van der Waals surface area (Å²) >= 11 is 12.6. The molecule has 234 valence electrons. The fraction of sp³-hybridized carbons (Fsp3) is 0.606. The Hall–Kier alpha value is -2.55. The number of hydrogen-bond acceptors (Lipinski definition) is 5. The van der Waals surface area contributed by atoms with Gasteiger partial charge in [-0.05, 0) is 94.3 Å². The molecule has 1 aromatic heterocycles. The second-order valence-corrected chi connectivity index (χ2v) is 12.9. The standard InChI is InChI=1S/C33H45Cl2N5O3/c1-2-27(38-15-6-7-16-38)23-43-30-9-8-14-36-31(30)24-12-19-39(20-13-24)32(41)29(21-25-10-11-26(34)22-28(25)35)37-33(42)40-17-4-3-5-18-40/h8-11,14,22,24,27,29H,2-7,12-13,15-21,23H2,1H3,(H,37,42)/t27-,29-/m1/s1. The average molecular weight is 631 g/mol. The molecule has 8 nitrogen and oxygen atoms in total. The van der Waals surface area contributed by atoms with E-state index in [0.29, 0.717) is 55.3 Å². The number of urea groups is 1. The van der Waals surface area contributed by atoms with Crippen molar-refractivity contribution in [1.82, 2.24) is 25.0 Å². The summed E-state index contributed by atoms with van der Waals surface area (Å²) in [6.07, 6.45) is 10.4. The fourth-order valence-corrected chi connectivity index (χ4v) is 7.13. The minimum Gasteiger partial charge on any atom is -0.490 e. The van der Waals surface area contributed by atoms with Gasteiger partial charge in [0.1, 0.15) is 18.4 Å². The van der Waals surface area contributed by atoms with Gasteiger partial charge in [0.25, 0.3) is 0 Å². The first-order valence-corrected chi connectivity index (χ1v) is 16.8. The smallest absolute Gasteiger partial charge is 0.318 e. The Kier molecular flexibility index (Phi) is 11.4. The molecule has 3 amide bonds. The second kappa shape index (κ2) is 15.4. The number of nitrogens with zero attached hydrogens (tertiary/aromatic N) is 4. The normalized spacial score (nSPS) is 19.7. The quantitative estimate of drug-likeness (QED) is 0.341. The summed E-state index contributed by atoms with van der Waals surface area (Å²) in [5.41, 5.74) is 1.77. The average Bonchev–Trinajstić information content (AvgIpc) is 3.57. The third-order valence-corrected chi connectivity index (χ3v) is 9.82. The first kappa shape index (κ1) is 31.9. The van der Waals surface area contributed by atoms with Crippen molar-refractivity contribution in [3.8, 4) is 5.75 Å². The molecule has 5 rings (SSSR count). The summed E-state index contributed by atoms with van der Waals surface area (Å²) in [4.78, 5) is 38.1. The first-order chi connectivity index (χ1) is 20.9. The minimum absolute atomic E-state index is 0.0799. The number of piperidine rings is 2. The van der Waals surface area contributed by atoms with Gasteiger partial charge in [-0.1, -0.05) is 36.2 Å². The highest BCUT2D eigenvalue weighted by atomic mass is 35.5. The van der Waals surface area contributed by atoms with Crippen LogP contribution in [0.4, 0.5) is 4.79 Å². The second-order valence-electron chi connectivity index (χ2n) is 12.1. The highest BCUT2D eigenvalue weighted by Gasteiger charge is 2.33. The summed E-state index contributed by atoms with van der Waals surface area (Å²) < 4.78 is 6.40. The summed E-state index contributed by atoms with van der Waals surface area (Å²) in [5.74, 6) is 0.983. The van der Waals surface area contributed by atoms with E-state index in [1.54, 1.807) is 12.1 Å². The number of halogens is 2. The molecule has 3 aliphatic heterocycles. The summed E-state index contributed by atoms with van der Waals surface area (Å²) in [6.45, 7) is 7.81. The number of benzene rings is 1. The number of aromatic nitrogens is 1. The van der Waals surface area contributed by atoms with Gasteiger partial charge < -0.3 is 19.9 Å². The van der Waals surface area contributed by atoms with Crippen molar-refractivity contribution < 1.29 is 14.3 Å². The Morgan fingerprint density at radius 1 is 0.977 bits per heavy atom. The zero-order chi connectivity index (χ0) is 30.2. The summed E-state index contributed by atoms with van der Waals surface area (Å²) in [6, 6.07) is 8.76. The van der Waals surface area contributed by atoms with E-state index in [2.05, 4.69) is 17.1 Å². The van der Waals surface area contributed by atoms with Crippen molar-refractivity contribution in [2.45, 2.75) is 82.7 Å². The predicted molar refractivity (Wildman–Crippen MR) is 171 cm³/mol. The molecule has 1 N–H and O–H groups in total. The lowest BCUT2D eigenvalue weighted by Crippen LogP contribution is -2.55. The van der Waals surface area contributed by atoms with E-state index in [1.807, 2.05) is 34.2 Å². The van der Waals surface area contributed by atoms with Crippen LogP contribution in [0.1, 0.15) is 75.5 Å². The van der Waals surface area contributed by atoms with E-state index < -0.39 is 6.04 Å². The van der Waals surface area contributed by atoms with Crippen molar-refractivity contribution in [1.29, 1.82) is 0 Å². The van der Waals surface area contributed by atoms with Crippen LogP contribution in [0.15, 0.2) is 36.5 Å². The van der Waals surface area contributed by atoms with E-state index >= 15 is 0 Å². The SMILES string of the molecule is CC[C@H](COc1cccnc1C1CCN(C(=O)[C@@H](Cc2ccc(Cl)cc2Cl)NC(=O)N2CCCCC2)CC1)N1CCCC1. The Labute approximate surface area is 266 Å². The molecule has 0 unspecified atom stereocenters. The first-order valence-electron chi connectivity index (χ1n) is 16.0. The molecular weight excluding hydrogens is 585 g/mol. The lowest BCUT2D eigenvalue weighted by molar-refractivity contribution is -0.134. The molecule has 3 fully saturated rings. The van der Waals surface area contributed by atoms with Crippen molar-refractivity contribution in [3.05, 3.63) is 57.8 Å². The van der Waals surface area contributed by atoms with Gasteiger partial charge in [0.15, 0.2) is 0 Å². The van der Waals surface area contributed by atoms with Crippen LogP contribution < -0.4 is 10.1 Å². The van der Waals surface area contributed by atoms with Crippen LogP contribution in [0.5, 0.6) is 5.75 Å². The van der Waals surface area contributed by atoms with Gasteiger partial charge in [0.05, 0.1) is 5.69 Å². The van der Waals surface area contributed by atoms with Gasteiger partial charge in [-0.25, -0.2) is 4.79 Å². The Bertz CT molecular complexity index is 1230. The van der Waals surface area contributed by atoms with Crippen LogP contribution in [0.3, 0.4) is 0 Å². The number of pyridine rings is 1. The monoisotopic (exact) mass is 629 g/mol. The molecule has 2 atom stereocenters. The van der Waals surface area contributed by atoms with Crippen molar-refractivity contribution in [3.63, 3.8) is 0 Å². The largest absolute Gasteiger partial charge is 0.490 e.